The number of fused-ring (bicyclic) bond motifs is 1. The van der Waals surface area contributed by atoms with Crippen molar-refractivity contribution in [2.24, 2.45) is 0 Å². The second-order valence-electron chi connectivity index (χ2n) is 4.60. The van der Waals surface area contributed by atoms with Crippen LogP contribution in [0.1, 0.15) is 0 Å². The lowest BCUT2D eigenvalue weighted by atomic mass is 10.2. The molecule has 3 aromatic rings. The lowest BCUT2D eigenvalue weighted by Gasteiger charge is -2.14. The average Bonchev–Trinajstić information content (AvgIpc) is 2.99. The van der Waals surface area contributed by atoms with E-state index in [-0.39, 0.29) is 0 Å². The third-order valence-electron chi connectivity index (χ3n) is 3.32. The molecule has 0 aliphatic heterocycles. The van der Waals surface area contributed by atoms with E-state index in [0.717, 1.165) is 22.5 Å². The van der Waals surface area contributed by atoms with Crippen LogP contribution in [0.3, 0.4) is 0 Å². The Morgan fingerprint density at radius 3 is 2.73 bits per heavy atom. The molecule has 1 N–H and O–H groups in total. The van der Waals surface area contributed by atoms with Gasteiger partial charge in [-0.3, -0.25) is 4.57 Å². The molecule has 0 fully saturated rings. The van der Waals surface area contributed by atoms with Gasteiger partial charge in [-0.2, -0.15) is 0 Å². The maximum absolute atomic E-state index is 5.49. The zero-order chi connectivity index (χ0) is 15.5. The van der Waals surface area contributed by atoms with Crippen LogP contribution in [0.5, 0.6) is 11.5 Å². The van der Waals surface area contributed by atoms with Crippen molar-refractivity contribution in [3.8, 4) is 11.5 Å². The Labute approximate surface area is 133 Å². The summed E-state index contributed by atoms with van der Waals surface area (Å²) in [6.07, 6.45) is 1.70. The van der Waals surface area contributed by atoms with E-state index in [4.69, 9.17) is 21.7 Å². The van der Waals surface area contributed by atoms with Crippen LogP contribution < -0.4 is 14.8 Å². The van der Waals surface area contributed by atoms with Gasteiger partial charge >= 0.3 is 0 Å². The number of nitrogens with zero attached hydrogens (tertiary/aromatic N) is 2. The molecule has 22 heavy (non-hydrogen) atoms. The number of hydrogen-bond donors (Lipinski definition) is 1. The van der Waals surface area contributed by atoms with E-state index in [0.29, 0.717) is 10.9 Å². The third-order valence-corrected chi connectivity index (χ3v) is 3.62. The van der Waals surface area contributed by atoms with Gasteiger partial charge in [0, 0.05) is 6.07 Å². The summed E-state index contributed by atoms with van der Waals surface area (Å²) in [7, 11) is 3.23. The van der Waals surface area contributed by atoms with Gasteiger partial charge in [0.25, 0.3) is 0 Å². The fraction of sp³-hybridized carbons (Fsp3) is 0.125. The lowest BCUT2D eigenvalue weighted by Crippen LogP contribution is -2.18. The van der Waals surface area contributed by atoms with Crippen LogP contribution in [-0.2, 0) is 0 Å². The summed E-state index contributed by atoms with van der Waals surface area (Å²) < 4.78 is 12.4. The number of methoxy groups -OCH3 is 2. The molecule has 0 saturated carbocycles. The van der Waals surface area contributed by atoms with Crippen molar-refractivity contribution in [1.29, 1.82) is 0 Å². The monoisotopic (exact) mass is 313 g/mol. The summed E-state index contributed by atoms with van der Waals surface area (Å²) in [4.78, 5) is 4.34. The van der Waals surface area contributed by atoms with Crippen LogP contribution in [0.25, 0.3) is 11.0 Å². The summed E-state index contributed by atoms with van der Waals surface area (Å²) in [6, 6.07) is 13.3. The van der Waals surface area contributed by atoms with Crippen molar-refractivity contribution in [3.05, 3.63) is 48.8 Å². The van der Waals surface area contributed by atoms with Gasteiger partial charge in [-0.1, -0.05) is 12.1 Å². The van der Waals surface area contributed by atoms with Crippen LogP contribution in [0.15, 0.2) is 48.8 Å². The topological polar surface area (TPSA) is 48.3 Å². The number of imidazole rings is 1. The molecule has 6 heteroatoms. The minimum Gasteiger partial charge on any atom is -0.497 e. The average molecular weight is 313 g/mol. The molecule has 0 radical (unpaired) electrons. The first-order valence-electron chi connectivity index (χ1n) is 6.68. The summed E-state index contributed by atoms with van der Waals surface area (Å²) >= 11 is 5.49. The predicted molar refractivity (Wildman–Crippen MR) is 90.9 cm³/mol. The number of para-hydroxylation sites is 2. The van der Waals surface area contributed by atoms with Gasteiger partial charge in [0.1, 0.15) is 17.8 Å². The zero-order valence-electron chi connectivity index (χ0n) is 12.2. The zero-order valence-corrected chi connectivity index (χ0v) is 13.1. The molecule has 0 bridgehead atoms. The molecule has 1 heterocycles. The minimum atomic E-state index is 0.514. The minimum absolute atomic E-state index is 0.514. The quantitative estimate of drug-likeness (QED) is 0.752. The van der Waals surface area contributed by atoms with Gasteiger partial charge in [0.05, 0.1) is 30.9 Å². The highest BCUT2D eigenvalue weighted by molar-refractivity contribution is 7.80. The van der Waals surface area contributed by atoms with E-state index in [1.807, 2.05) is 47.0 Å². The first-order chi connectivity index (χ1) is 10.7. The number of hydrogen-bond acceptors (Lipinski definition) is 4. The van der Waals surface area contributed by atoms with E-state index in [9.17, 15) is 0 Å². The summed E-state index contributed by atoms with van der Waals surface area (Å²) in [5.74, 6) is 1.41. The van der Waals surface area contributed by atoms with Crippen molar-refractivity contribution >= 4 is 34.1 Å². The third kappa shape index (κ3) is 2.60. The van der Waals surface area contributed by atoms with Gasteiger partial charge in [-0.25, -0.2) is 4.98 Å². The highest BCUT2D eigenvalue weighted by Crippen LogP contribution is 2.29. The van der Waals surface area contributed by atoms with Crippen LogP contribution in [0, 0.1) is 0 Å². The van der Waals surface area contributed by atoms with E-state index >= 15 is 0 Å². The smallest absolute Gasteiger partial charge is 0.183 e. The molecule has 1 aromatic heterocycles. The molecule has 0 amide bonds. The Hall–Kier alpha value is -2.60. The van der Waals surface area contributed by atoms with Crippen molar-refractivity contribution in [2.75, 3.05) is 19.5 Å². The summed E-state index contributed by atoms with van der Waals surface area (Å²) in [5, 5.41) is 3.69. The molecule has 3 rings (SSSR count). The van der Waals surface area contributed by atoms with Gasteiger partial charge in [-0.15, -0.1) is 0 Å². The maximum Gasteiger partial charge on any atom is 0.183 e. The Bertz CT molecular complexity index is 829. The van der Waals surface area contributed by atoms with Gasteiger partial charge in [0.2, 0.25) is 0 Å². The normalized spacial score (nSPS) is 10.5. The Balaban J connectivity index is 1.94. The number of thiocarbonyl (C=S) groups is 1. The highest BCUT2D eigenvalue weighted by Gasteiger charge is 2.10. The van der Waals surface area contributed by atoms with Gasteiger partial charge < -0.3 is 14.8 Å². The van der Waals surface area contributed by atoms with Crippen molar-refractivity contribution < 1.29 is 9.47 Å². The highest BCUT2D eigenvalue weighted by atomic mass is 32.1. The Kier molecular flexibility index (Phi) is 3.93. The SMILES string of the molecule is COc1ccc(OC)c(NC(=S)n2cnc3ccccc32)c1. The van der Waals surface area contributed by atoms with Crippen molar-refractivity contribution in [3.63, 3.8) is 0 Å². The number of nitrogens with one attached hydrogen (secondary N) is 1. The molecular formula is C16H15N3O2S. The molecule has 0 aliphatic rings. The summed E-state index contributed by atoms with van der Waals surface area (Å²) in [5.41, 5.74) is 2.58. The van der Waals surface area contributed by atoms with E-state index < -0.39 is 0 Å². The second kappa shape index (κ2) is 6.03. The van der Waals surface area contributed by atoms with Gasteiger partial charge in [-0.05, 0) is 36.5 Å². The molecule has 0 atom stereocenters. The number of aromatic nitrogens is 2. The van der Waals surface area contributed by atoms with Crippen LogP contribution in [0.2, 0.25) is 0 Å². The van der Waals surface area contributed by atoms with Crippen LogP contribution in [-0.4, -0.2) is 28.9 Å². The second-order valence-corrected chi connectivity index (χ2v) is 4.99. The van der Waals surface area contributed by atoms with Crippen LogP contribution in [0.4, 0.5) is 5.69 Å². The fourth-order valence-corrected chi connectivity index (χ4v) is 2.46. The van der Waals surface area contributed by atoms with E-state index in [1.54, 1.807) is 20.5 Å². The molecule has 5 nitrogen and oxygen atoms in total. The van der Waals surface area contributed by atoms with E-state index in [1.165, 1.54) is 0 Å². The molecule has 0 saturated heterocycles. The van der Waals surface area contributed by atoms with Crippen molar-refractivity contribution in [1.82, 2.24) is 9.55 Å². The molecule has 112 valence electrons. The Morgan fingerprint density at radius 2 is 1.95 bits per heavy atom. The maximum atomic E-state index is 5.49. The van der Waals surface area contributed by atoms with Gasteiger partial charge in [0.15, 0.2) is 5.11 Å². The van der Waals surface area contributed by atoms with Crippen molar-refractivity contribution in [2.45, 2.75) is 0 Å². The molecule has 0 aliphatic carbocycles. The number of anilines is 1. The largest absolute Gasteiger partial charge is 0.497 e. The number of benzene rings is 2. The van der Waals surface area contributed by atoms with Crippen LogP contribution >= 0.6 is 12.2 Å². The fourth-order valence-electron chi connectivity index (χ4n) is 2.21. The first-order valence-corrected chi connectivity index (χ1v) is 7.09. The Morgan fingerprint density at radius 1 is 1.14 bits per heavy atom. The number of ether oxygens (including phenoxy) is 2. The number of rotatable bonds is 3. The molecule has 0 unspecified atom stereocenters. The molecule has 0 spiro atoms. The predicted octanol–water partition coefficient (Wildman–Crippen LogP) is 3.30. The molecular weight excluding hydrogens is 298 g/mol. The van der Waals surface area contributed by atoms with E-state index in [2.05, 4.69) is 10.3 Å². The summed E-state index contributed by atoms with van der Waals surface area (Å²) in [6.45, 7) is 0. The lowest BCUT2D eigenvalue weighted by molar-refractivity contribution is 0.405. The first kappa shape index (κ1) is 14.3. The molecule has 2 aromatic carbocycles. The standard InChI is InChI=1S/C16H15N3O2S/c1-20-11-7-8-15(21-2)13(9-11)18-16(22)19-10-17-12-5-3-4-6-14(12)19/h3-10H,1-2H3,(H,18,22).